The van der Waals surface area contributed by atoms with Crippen molar-refractivity contribution in [2.24, 2.45) is 0 Å². The van der Waals surface area contributed by atoms with E-state index in [2.05, 4.69) is 38.3 Å². The van der Waals surface area contributed by atoms with Gasteiger partial charge >= 0.3 is 0 Å². The predicted molar refractivity (Wildman–Crippen MR) is 114 cm³/mol. The highest BCUT2D eigenvalue weighted by atomic mass is 16.5. The Labute approximate surface area is 173 Å². The molecule has 0 saturated carbocycles. The van der Waals surface area contributed by atoms with Crippen LogP contribution in [-0.2, 0) is 11.4 Å². The number of benzene rings is 2. The van der Waals surface area contributed by atoms with Crippen LogP contribution in [0.25, 0.3) is 0 Å². The Hall–Kier alpha value is -2.53. The van der Waals surface area contributed by atoms with Crippen molar-refractivity contribution in [1.29, 1.82) is 0 Å². The summed E-state index contributed by atoms with van der Waals surface area (Å²) in [7, 11) is 0. The van der Waals surface area contributed by atoms with Crippen LogP contribution in [0, 0.1) is 0 Å². The number of carbonyl (C=O) groups excluding carboxylic acids is 1. The minimum Gasteiger partial charge on any atom is -0.489 e. The lowest BCUT2D eigenvalue weighted by atomic mass is 9.79. The van der Waals surface area contributed by atoms with E-state index in [9.17, 15) is 4.79 Å². The van der Waals surface area contributed by atoms with Crippen LogP contribution in [0.5, 0.6) is 11.5 Å². The third kappa shape index (κ3) is 6.79. The molecule has 156 valence electrons. The molecule has 2 aromatic rings. The molecule has 0 bridgehead atoms. The Bertz CT molecular complexity index is 785. The van der Waals surface area contributed by atoms with Crippen molar-refractivity contribution in [3.8, 4) is 11.5 Å². The second-order valence-corrected chi connectivity index (χ2v) is 9.33. The summed E-state index contributed by atoms with van der Waals surface area (Å²) in [6, 6.07) is 17.6. The molecular weight excluding hydrogens is 364 g/mol. The van der Waals surface area contributed by atoms with Gasteiger partial charge in [0.2, 0.25) is 0 Å². The van der Waals surface area contributed by atoms with Gasteiger partial charge in [-0.3, -0.25) is 4.79 Å². The Morgan fingerprint density at radius 2 is 1.48 bits per heavy atom. The van der Waals surface area contributed by atoms with Crippen molar-refractivity contribution in [2.45, 2.75) is 64.3 Å². The van der Waals surface area contributed by atoms with Gasteiger partial charge in [0.25, 0.3) is 5.91 Å². The quantitative estimate of drug-likeness (QED) is 0.755. The molecule has 2 aromatic carbocycles. The van der Waals surface area contributed by atoms with Crippen molar-refractivity contribution in [2.75, 3.05) is 6.61 Å². The van der Waals surface area contributed by atoms with E-state index in [0.717, 1.165) is 24.2 Å². The highest BCUT2D eigenvalue weighted by Crippen LogP contribution is 2.22. The van der Waals surface area contributed by atoms with Crippen LogP contribution in [0.3, 0.4) is 0 Å². The zero-order valence-corrected chi connectivity index (χ0v) is 17.9. The monoisotopic (exact) mass is 397 g/mol. The smallest absolute Gasteiger partial charge is 0.258 e. The van der Waals surface area contributed by atoms with Gasteiger partial charge in [-0.1, -0.05) is 30.3 Å². The van der Waals surface area contributed by atoms with E-state index in [1.807, 2.05) is 54.6 Å². The van der Waals surface area contributed by atoms with Crippen LogP contribution in [0.1, 0.15) is 46.1 Å². The molecule has 1 saturated heterocycles. The minimum absolute atomic E-state index is 0.0191. The van der Waals surface area contributed by atoms with E-state index >= 15 is 0 Å². The Morgan fingerprint density at radius 1 is 0.931 bits per heavy atom. The highest BCUT2D eigenvalue weighted by Gasteiger charge is 2.42. The van der Waals surface area contributed by atoms with E-state index in [-0.39, 0.29) is 29.6 Å². The average molecular weight is 398 g/mol. The van der Waals surface area contributed by atoms with Gasteiger partial charge in [-0.15, -0.1) is 0 Å². The first kappa shape index (κ1) is 21.2. The van der Waals surface area contributed by atoms with Crippen LogP contribution < -0.4 is 20.1 Å². The van der Waals surface area contributed by atoms with Gasteiger partial charge in [-0.2, -0.15) is 0 Å². The fourth-order valence-electron chi connectivity index (χ4n) is 4.41. The lowest BCUT2D eigenvalue weighted by Gasteiger charge is -2.43. The normalized spacial score (nSPS) is 18.1. The third-order valence-electron chi connectivity index (χ3n) is 5.13. The van der Waals surface area contributed by atoms with E-state index in [1.165, 1.54) is 0 Å². The molecule has 0 aromatic heterocycles. The molecular formula is C24H33N2O3+. The number of nitrogens with two attached hydrogens (primary N) is 1. The van der Waals surface area contributed by atoms with Crippen LogP contribution >= 0.6 is 0 Å². The molecule has 1 amide bonds. The van der Waals surface area contributed by atoms with Crippen molar-refractivity contribution >= 4 is 5.91 Å². The minimum atomic E-state index is -0.0760. The van der Waals surface area contributed by atoms with Crippen molar-refractivity contribution < 1.29 is 19.6 Å². The molecule has 0 atom stereocenters. The summed E-state index contributed by atoms with van der Waals surface area (Å²) in [5.74, 6) is 1.35. The van der Waals surface area contributed by atoms with Gasteiger partial charge in [0.15, 0.2) is 6.61 Å². The van der Waals surface area contributed by atoms with Crippen LogP contribution in [0.4, 0.5) is 0 Å². The number of piperidine rings is 1. The predicted octanol–water partition coefficient (Wildman–Crippen LogP) is 3.04. The van der Waals surface area contributed by atoms with E-state index in [0.29, 0.717) is 12.4 Å². The molecule has 3 rings (SSSR count). The molecule has 5 heteroatoms. The molecule has 0 aliphatic carbocycles. The maximum atomic E-state index is 12.4. The first-order valence-electron chi connectivity index (χ1n) is 10.3. The van der Waals surface area contributed by atoms with Crippen molar-refractivity contribution in [3.63, 3.8) is 0 Å². The van der Waals surface area contributed by atoms with Crippen LogP contribution in [0.2, 0.25) is 0 Å². The third-order valence-corrected chi connectivity index (χ3v) is 5.13. The SMILES string of the molecule is CC1(C)CC(NC(=O)COc2ccc(OCc3ccccc3)cc2)CC(C)(C)[NH2+]1. The summed E-state index contributed by atoms with van der Waals surface area (Å²) in [6.07, 6.45) is 1.91. The number of hydrogen-bond acceptors (Lipinski definition) is 3. The number of quaternary nitrogens is 1. The zero-order valence-electron chi connectivity index (χ0n) is 17.9. The second kappa shape index (κ2) is 8.87. The fraction of sp³-hybridized carbons (Fsp3) is 0.458. The maximum absolute atomic E-state index is 12.4. The number of ether oxygens (including phenoxy) is 2. The fourth-order valence-corrected chi connectivity index (χ4v) is 4.41. The largest absolute Gasteiger partial charge is 0.489 e. The van der Waals surface area contributed by atoms with Crippen LogP contribution in [0.15, 0.2) is 54.6 Å². The first-order valence-corrected chi connectivity index (χ1v) is 10.3. The summed E-state index contributed by atoms with van der Waals surface area (Å²) in [4.78, 5) is 12.4. The van der Waals surface area contributed by atoms with Crippen LogP contribution in [-0.4, -0.2) is 29.6 Å². The van der Waals surface area contributed by atoms with Crippen molar-refractivity contribution in [3.05, 3.63) is 60.2 Å². The highest BCUT2D eigenvalue weighted by molar-refractivity contribution is 5.77. The Morgan fingerprint density at radius 3 is 2.07 bits per heavy atom. The lowest BCUT2D eigenvalue weighted by molar-refractivity contribution is -0.787. The molecule has 29 heavy (non-hydrogen) atoms. The summed E-state index contributed by atoms with van der Waals surface area (Å²) in [5.41, 5.74) is 1.36. The molecule has 3 N–H and O–H groups in total. The van der Waals surface area contributed by atoms with Gasteiger partial charge < -0.3 is 20.1 Å². The van der Waals surface area contributed by atoms with Gasteiger partial charge in [0, 0.05) is 18.9 Å². The van der Waals surface area contributed by atoms with Gasteiger partial charge in [0.1, 0.15) is 18.1 Å². The number of carbonyl (C=O) groups is 1. The number of rotatable bonds is 7. The molecule has 1 fully saturated rings. The molecule has 0 spiro atoms. The maximum Gasteiger partial charge on any atom is 0.258 e. The first-order chi connectivity index (χ1) is 13.7. The molecule has 1 aliphatic heterocycles. The van der Waals surface area contributed by atoms with E-state index in [1.54, 1.807) is 0 Å². The second-order valence-electron chi connectivity index (χ2n) is 9.33. The van der Waals surface area contributed by atoms with Gasteiger partial charge in [-0.05, 0) is 57.5 Å². The molecule has 1 aliphatic rings. The Kier molecular flexibility index (Phi) is 6.48. The average Bonchev–Trinajstić information content (AvgIpc) is 2.64. The van der Waals surface area contributed by atoms with Gasteiger partial charge in [0.05, 0.1) is 11.1 Å². The summed E-state index contributed by atoms with van der Waals surface area (Å²) in [6.45, 7) is 9.45. The standard InChI is InChI=1S/C24H32N2O3/c1-23(2)14-19(15-24(3,4)26-23)25-22(27)17-29-21-12-10-20(11-13-21)28-16-18-8-6-5-7-9-18/h5-13,19,26H,14-17H2,1-4H3,(H,25,27)/p+1. The number of hydrogen-bond donors (Lipinski definition) is 2. The summed E-state index contributed by atoms with van der Waals surface area (Å²) in [5, 5.41) is 5.54. The molecule has 0 unspecified atom stereocenters. The van der Waals surface area contributed by atoms with Crippen molar-refractivity contribution in [1.82, 2.24) is 5.32 Å². The van der Waals surface area contributed by atoms with E-state index < -0.39 is 0 Å². The van der Waals surface area contributed by atoms with E-state index in [4.69, 9.17) is 9.47 Å². The zero-order chi connectivity index (χ0) is 20.9. The van der Waals surface area contributed by atoms with Gasteiger partial charge in [-0.25, -0.2) is 0 Å². The summed E-state index contributed by atoms with van der Waals surface area (Å²) >= 11 is 0. The molecule has 0 radical (unpaired) electrons. The topological polar surface area (TPSA) is 64.2 Å². The summed E-state index contributed by atoms with van der Waals surface area (Å²) < 4.78 is 11.4. The number of nitrogens with one attached hydrogen (secondary N) is 1. The molecule has 1 heterocycles. The number of amides is 1. The lowest BCUT2D eigenvalue weighted by Crippen LogP contribution is -3.06. The molecule has 5 nitrogen and oxygen atoms in total. The Balaban J connectivity index is 1.44.